The van der Waals surface area contributed by atoms with Crippen molar-refractivity contribution >= 4 is 31.9 Å². The third kappa shape index (κ3) is 2.36. The summed E-state index contributed by atoms with van der Waals surface area (Å²) in [7, 11) is 1.59. The van der Waals surface area contributed by atoms with E-state index >= 15 is 0 Å². The number of benzene rings is 1. The van der Waals surface area contributed by atoms with Crippen LogP contribution in [-0.2, 0) is 6.61 Å². The van der Waals surface area contributed by atoms with Gasteiger partial charge >= 0.3 is 0 Å². The van der Waals surface area contributed by atoms with Crippen molar-refractivity contribution in [3.8, 4) is 11.4 Å². The fraction of sp³-hybridized carbons (Fsp3) is 0.200. The summed E-state index contributed by atoms with van der Waals surface area (Å²) >= 11 is 6.85. The van der Waals surface area contributed by atoms with Gasteiger partial charge in [-0.3, -0.25) is 4.57 Å². The van der Waals surface area contributed by atoms with Crippen molar-refractivity contribution < 1.29 is 9.84 Å². The summed E-state index contributed by atoms with van der Waals surface area (Å²) in [6.45, 7) is -0.176. The van der Waals surface area contributed by atoms with Crippen LogP contribution in [0.1, 0.15) is 5.82 Å². The molecule has 0 aliphatic rings. The Bertz CT molecular complexity index is 542. The quantitative estimate of drug-likeness (QED) is 0.910. The number of hydrogen-bond acceptors (Lipinski definition) is 4. The third-order valence-corrected chi connectivity index (χ3v) is 3.50. The number of aromatic nitrogens is 3. The number of rotatable bonds is 3. The first-order chi connectivity index (χ1) is 8.17. The van der Waals surface area contributed by atoms with E-state index in [1.165, 1.54) is 0 Å². The van der Waals surface area contributed by atoms with Crippen molar-refractivity contribution in [3.63, 3.8) is 0 Å². The largest absolute Gasteiger partial charge is 0.495 e. The molecule has 1 aromatic heterocycles. The Morgan fingerprint density at radius 1 is 1.35 bits per heavy atom. The summed E-state index contributed by atoms with van der Waals surface area (Å²) in [5, 5.41) is 16.7. The molecule has 0 radical (unpaired) electrons. The molecule has 7 heteroatoms. The number of nitrogens with zero attached hydrogens (tertiary/aromatic N) is 3. The van der Waals surface area contributed by atoms with E-state index in [-0.39, 0.29) is 6.61 Å². The van der Waals surface area contributed by atoms with Crippen LogP contribution in [0.5, 0.6) is 5.75 Å². The van der Waals surface area contributed by atoms with Crippen molar-refractivity contribution in [2.45, 2.75) is 6.61 Å². The normalized spacial score (nSPS) is 10.6. The minimum absolute atomic E-state index is 0.176. The van der Waals surface area contributed by atoms with E-state index in [4.69, 9.17) is 9.84 Å². The van der Waals surface area contributed by atoms with Gasteiger partial charge in [0.2, 0.25) is 0 Å². The molecule has 0 atom stereocenters. The molecule has 0 saturated carbocycles. The fourth-order valence-electron chi connectivity index (χ4n) is 1.43. The molecule has 0 aliphatic carbocycles. The van der Waals surface area contributed by atoms with E-state index in [0.717, 1.165) is 14.6 Å². The first-order valence-electron chi connectivity index (χ1n) is 4.70. The molecule has 2 rings (SSSR count). The summed E-state index contributed by atoms with van der Waals surface area (Å²) in [4.78, 5) is 0. The molecule has 0 spiro atoms. The predicted octanol–water partition coefficient (Wildman–Crippen LogP) is 2.29. The van der Waals surface area contributed by atoms with E-state index in [0.29, 0.717) is 11.6 Å². The lowest BCUT2D eigenvalue weighted by Crippen LogP contribution is -2.01. The maximum atomic E-state index is 9.16. The number of methoxy groups -OCH3 is 1. The van der Waals surface area contributed by atoms with Crippen molar-refractivity contribution in [2.75, 3.05) is 7.11 Å². The monoisotopic (exact) mass is 361 g/mol. The second-order valence-electron chi connectivity index (χ2n) is 3.21. The zero-order valence-corrected chi connectivity index (χ0v) is 12.1. The van der Waals surface area contributed by atoms with E-state index in [2.05, 4.69) is 42.1 Å². The molecule has 5 nitrogen and oxygen atoms in total. The molecule has 1 heterocycles. The van der Waals surface area contributed by atoms with Gasteiger partial charge in [0.15, 0.2) is 5.82 Å². The molecule has 1 N–H and O–H groups in total. The molecule has 0 amide bonds. The first-order valence-corrected chi connectivity index (χ1v) is 6.29. The Morgan fingerprint density at radius 2 is 2.12 bits per heavy atom. The number of aliphatic hydroxyl groups excluding tert-OH is 1. The predicted molar refractivity (Wildman–Crippen MR) is 69.2 cm³/mol. The van der Waals surface area contributed by atoms with E-state index in [1.54, 1.807) is 18.0 Å². The van der Waals surface area contributed by atoms with Crippen molar-refractivity contribution in [1.82, 2.24) is 14.8 Å². The summed E-state index contributed by atoms with van der Waals surface area (Å²) in [6.07, 6.45) is 1.54. The lowest BCUT2D eigenvalue weighted by atomic mass is 10.3. The van der Waals surface area contributed by atoms with Crippen LogP contribution in [0.3, 0.4) is 0 Å². The van der Waals surface area contributed by atoms with Crippen LogP contribution in [0.15, 0.2) is 27.4 Å². The van der Waals surface area contributed by atoms with Gasteiger partial charge in [-0.25, -0.2) is 0 Å². The second kappa shape index (κ2) is 5.16. The molecule has 0 unspecified atom stereocenters. The Kier molecular flexibility index (Phi) is 3.80. The van der Waals surface area contributed by atoms with Gasteiger partial charge in [-0.05, 0) is 37.9 Å². The zero-order valence-electron chi connectivity index (χ0n) is 8.89. The minimum atomic E-state index is -0.176. The minimum Gasteiger partial charge on any atom is -0.495 e. The van der Waals surface area contributed by atoms with Crippen LogP contribution in [-0.4, -0.2) is 27.0 Å². The summed E-state index contributed by atoms with van der Waals surface area (Å²) in [6, 6.07) is 3.70. The maximum absolute atomic E-state index is 9.16. The Balaban J connectivity index is 2.59. The standard InChI is InChI=1S/C10H9Br2N3O2/c1-17-9-3-8(6(11)2-7(9)12)15-5-13-14-10(15)4-16/h2-3,5,16H,4H2,1H3. The highest BCUT2D eigenvalue weighted by Gasteiger charge is 2.12. The number of ether oxygens (including phenoxy) is 1. The second-order valence-corrected chi connectivity index (χ2v) is 4.92. The van der Waals surface area contributed by atoms with Gasteiger partial charge in [0, 0.05) is 10.5 Å². The zero-order chi connectivity index (χ0) is 12.4. The van der Waals surface area contributed by atoms with Gasteiger partial charge in [0.1, 0.15) is 18.7 Å². The SMILES string of the molecule is COc1cc(-n2cnnc2CO)c(Br)cc1Br. The van der Waals surface area contributed by atoms with Gasteiger partial charge in [0.25, 0.3) is 0 Å². The molecule has 0 saturated heterocycles. The molecular formula is C10H9Br2N3O2. The van der Waals surface area contributed by atoms with Gasteiger partial charge in [0.05, 0.1) is 17.3 Å². The van der Waals surface area contributed by atoms with Crippen molar-refractivity contribution in [2.24, 2.45) is 0 Å². The van der Waals surface area contributed by atoms with Gasteiger partial charge in [-0.2, -0.15) is 0 Å². The molecule has 0 bridgehead atoms. The molecular weight excluding hydrogens is 354 g/mol. The molecule has 1 aromatic carbocycles. The molecule has 0 aliphatic heterocycles. The topological polar surface area (TPSA) is 60.2 Å². The van der Waals surface area contributed by atoms with Crippen LogP contribution in [0.2, 0.25) is 0 Å². The van der Waals surface area contributed by atoms with Crippen LogP contribution in [0, 0.1) is 0 Å². The van der Waals surface area contributed by atoms with E-state index in [1.807, 2.05) is 12.1 Å². The maximum Gasteiger partial charge on any atom is 0.163 e. The van der Waals surface area contributed by atoms with Crippen LogP contribution in [0.25, 0.3) is 5.69 Å². The molecule has 90 valence electrons. The summed E-state index contributed by atoms with van der Waals surface area (Å²) < 4.78 is 8.61. The molecule has 0 fully saturated rings. The number of halogens is 2. The van der Waals surface area contributed by atoms with Crippen LogP contribution in [0.4, 0.5) is 0 Å². The van der Waals surface area contributed by atoms with E-state index in [9.17, 15) is 0 Å². The highest BCUT2D eigenvalue weighted by Crippen LogP contribution is 2.33. The lowest BCUT2D eigenvalue weighted by molar-refractivity contribution is 0.269. The fourth-order valence-corrected chi connectivity index (χ4v) is 2.77. The van der Waals surface area contributed by atoms with Crippen molar-refractivity contribution in [3.05, 3.63) is 33.2 Å². The average molecular weight is 363 g/mol. The highest BCUT2D eigenvalue weighted by molar-refractivity contribution is 9.11. The third-order valence-electron chi connectivity index (χ3n) is 2.24. The lowest BCUT2D eigenvalue weighted by Gasteiger charge is -2.11. The van der Waals surface area contributed by atoms with Crippen molar-refractivity contribution in [1.29, 1.82) is 0 Å². The smallest absolute Gasteiger partial charge is 0.163 e. The Hall–Kier alpha value is -0.920. The number of hydrogen-bond donors (Lipinski definition) is 1. The van der Waals surface area contributed by atoms with Crippen LogP contribution >= 0.6 is 31.9 Å². The number of aliphatic hydroxyl groups is 1. The van der Waals surface area contributed by atoms with Crippen LogP contribution < -0.4 is 4.74 Å². The summed E-state index contributed by atoms with van der Waals surface area (Å²) in [5.74, 6) is 1.16. The first kappa shape index (κ1) is 12.5. The average Bonchev–Trinajstić information content (AvgIpc) is 2.77. The Labute approximate surface area is 115 Å². The van der Waals surface area contributed by atoms with Gasteiger partial charge < -0.3 is 9.84 Å². The molecule has 2 aromatic rings. The van der Waals surface area contributed by atoms with E-state index < -0.39 is 0 Å². The van der Waals surface area contributed by atoms with Gasteiger partial charge in [-0.1, -0.05) is 0 Å². The summed E-state index contributed by atoms with van der Waals surface area (Å²) in [5.41, 5.74) is 0.805. The van der Waals surface area contributed by atoms with Gasteiger partial charge in [-0.15, -0.1) is 10.2 Å². The Morgan fingerprint density at radius 3 is 2.76 bits per heavy atom. The highest BCUT2D eigenvalue weighted by atomic mass is 79.9. The molecule has 17 heavy (non-hydrogen) atoms.